The first-order valence-corrected chi connectivity index (χ1v) is 6.08. The van der Waals surface area contributed by atoms with Crippen molar-refractivity contribution in [2.45, 2.75) is 54.9 Å². The highest BCUT2D eigenvalue weighted by molar-refractivity contribution is 5.82. The second kappa shape index (κ2) is 3.90. The maximum absolute atomic E-state index is 11.8. The Hall–Kier alpha value is -0.790. The van der Waals surface area contributed by atoms with E-state index >= 15 is 0 Å². The first-order chi connectivity index (χ1) is 7.03. The van der Waals surface area contributed by atoms with Gasteiger partial charge in [0.25, 0.3) is 0 Å². The summed E-state index contributed by atoms with van der Waals surface area (Å²) in [6, 6.07) is 0. The molecule has 1 aliphatic heterocycles. The Morgan fingerprint density at radius 2 is 1.56 bits per heavy atom. The van der Waals surface area contributed by atoms with Gasteiger partial charge in [0.05, 0.1) is 0 Å². The lowest BCUT2D eigenvalue weighted by Gasteiger charge is -2.38. The minimum absolute atomic E-state index is 0.0123. The largest absolute Gasteiger partial charge is 0.329 e. The third-order valence-electron chi connectivity index (χ3n) is 3.16. The van der Waals surface area contributed by atoms with Gasteiger partial charge >= 0.3 is 0 Å². The van der Waals surface area contributed by atoms with E-state index in [2.05, 4.69) is 46.9 Å². The van der Waals surface area contributed by atoms with Crippen molar-refractivity contribution in [1.29, 1.82) is 0 Å². The molecule has 0 radical (unpaired) electrons. The van der Waals surface area contributed by atoms with Crippen molar-refractivity contribution in [3.63, 3.8) is 0 Å². The van der Waals surface area contributed by atoms with Gasteiger partial charge in [-0.15, -0.1) is 0 Å². The number of nitrogens with one attached hydrogen (secondary N) is 1. The summed E-state index contributed by atoms with van der Waals surface area (Å²) in [7, 11) is 0. The maximum Gasteiger partial charge on any atom is 0.227 e. The highest BCUT2D eigenvalue weighted by atomic mass is 16.1. The van der Waals surface area contributed by atoms with E-state index < -0.39 is 0 Å². The number of hydrogen-bond acceptors (Lipinski definition) is 1. The van der Waals surface area contributed by atoms with Gasteiger partial charge in [-0.25, -0.2) is 0 Å². The van der Waals surface area contributed by atoms with Gasteiger partial charge in [-0.1, -0.05) is 48.5 Å². The molecule has 0 bridgehead atoms. The van der Waals surface area contributed by atoms with Crippen LogP contribution in [0.4, 0.5) is 0 Å². The van der Waals surface area contributed by atoms with Crippen LogP contribution in [0, 0.1) is 16.7 Å². The van der Waals surface area contributed by atoms with Crippen molar-refractivity contribution in [2.75, 3.05) is 0 Å². The molecule has 0 aromatic carbocycles. The quantitative estimate of drug-likeness (QED) is 0.669. The monoisotopic (exact) mass is 223 g/mol. The molecule has 1 unspecified atom stereocenters. The van der Waals surface area contributed by atoms with Crippen molar-refractivity contribution in [3.8, 4) is 0 Å². The molecule has 0 saturated carbocycles. The van der Waals surface area contributed by atoms with Gasteiger partial charge in [0, 0.05) is 17.0 Å². The topological polar surface area (TPSA) is 29.1 Å². The molecule has 2 nitrogen and oxygen atoms in total. The van der Waals surface area contributed by atoms with E-state index in [1.165, 1.54) is 5.57 Å². The number of allylic oxidation sites excluding steroid dienone is 2. The number of rotatable bonds is 0. The average Bonchev–Trinajstić information content (AvgIpc) is 2.05. The number of carbonyl (C=O) groups is 1. The number of carbonyl (C=O) groups excluding carboxylic acids is 1. The van der Waals surface area contributed by atoms with E-state index in [4.69, 9.17) is 0 Å². The highest BCUT2D eigenvalue weighted by Crippen LogP contribution is 2.40. The SMILES string of the molecule is CC1CC(C(C)(C)C)=C(C(C)(C)C)NC1=O. The fraction of sp³-hybridized carbons (Fsp3) is 0.786. The fourth-order valence-corrected chi connectivity index (χ4v) is 2.14. The van der Waals surface area contributed by atoms with E-state index in [0.29, 0.717) is 0 Å². The van der Waals surface area contributed by atoms with Crippen molar-refractivity contribution in [2.24, 2.45) is 16.7 Å². The Bertz CT molecular complexity index is 326. The van der Waals surface area contributed by atoms with E-state index in [-0.39, 0.29) is 22.7 Å². The molecular formula is C14H25NO. The second-order valence-corrected chi connectivity index (χ2v) is 6.95. The van der Waals surface area contributed by atoms with Crippen molar-refractivity contribution < 1.29 is 4.79 Å². The van der Waals surface area contributed by atoms with E-state index in [0.717, 1.165) is 12.1 Å². The lowest BCUT2D eigenvalue weighted by atomic mass is 9.73. The lowest BCUT2D eigenvalue weighted by Crippen LogP contribution is -2.41. The zero-order chi connectivity index (χ0) is 12.7. The summed E-state index contributed by atoms with van der Waals surface area (Å²) >= 11 is 0. The maximum atomic E-state index is 11.8. The van der Waals surface area contributed by atoms with E-state index in [1.807, 2.05) is 6.92 Å². The molecule has 1 N–H and O–H groups in total. The highest BCUT2D eigenvalue weighted by Gasteiger charge is 2.35. The van der Waals surface area contributed by atoms with Crippen LogP contribution in [0.3, 0.4) is 0 Å². The van der Waals surface area contributed by atoms with Crippen molar-refractivity contribution >= 4 is 5.91 Å². The zero-order valence-electron chi connectivity index (χ0n) is 11.7. The first kappa shape index (κ1) is 13.3. The average molecular weight is 223 g/mol. The van der Waals surface area contributed by atoms with Crippen LogP contribution in [-0.4, -0.2) is 5.91 Å². The first-order valence-electron chi connectivity index (χ1n) is 6.08. The van der Waals surface area contributed by atoms with Crippen LogP contribution in [0.2, 0.25) is 0 Å². The summed E-state index contributed by atoms with van der Waals surface area (Å²) in [4.78, 5) is 11.8. The Balaban J connectivity index is 3.26. The molecule has 1 heterocycles. The van der Waals surface area contributed by atoms with Gasteiger partial charge in [-0.05, 0) is 17.4 Å². The smallest absolute Gasteiger partial charge is 0.227 e. The molecule has 1 aliphatic rings. The molecule has 0 aromatic heterocycles. The van der Waals surface area contributed by atoms with E-state index in [1.54, 1.807) is 0 Å². The van der Waals surface area contributed by atoms with Crippen LogP contribution in [0.25, 0.3) is 0 Å². The number of hydrogen-bond donors (Lipinski definition) is 1. The minimum Gasteiger partial charge on any atom is -0.329 e. The zero-order valence-corrected chi connectivity index (χ0v) is 11.7. The molecule has 0 aromatic rings. The second-order valence-electron chi connectivity index (χ2n) is 6.95. The van der Waals surface area contributed by atoms with Crippen LogP contribution < -0.4 is 5.32 Å². The number of amides is 1. The molecule has 0 saturated heterocycles. The molecule has 2 heteroatoms. The third kappa shape index (κ3) is 2.66. The van der Waals surface area contributed by atoms with Gasteiger partial charge in [-0.2, -0.15) is 0 Å². The van der Waals surface area contributed by atoms with Gasteiger partial charge < -0.3 is 5.32 Å². The Morgan fingerprint density at radius 1 is 1.06 bits per heavy atom. The van der Waals surface area contributed by atoms with Gasteiger partial charge in [0.15, 0.2) is 0 Å². The predicted octanol–water partition coefficient (Wildman–Crippen LogP) is 3.49. The predicted molar refractivity (Wildman–Crippen MR) is 67.9 cm³/mol. The summed E-state index contributed by atoms with van der Waals surface area (Å²) in [6.45, 7) is 15.1. The van der Waals surface area contributed by atoms with Crippen molar-refractivity contribution in [1.82, 2.24) is 5.32 Å². The molecule has 0 fully saturated rings. The fourth-order valence-electron chi connectivity index (χ4n) is 2.14. The molecule has 0 aliphatic carbocycles. The molecule has 16 heavy (non-hydrogen) atoms. The molecule has 0 spiro atoms. The molecule has 92 valence electrons. The van der Waals surface area contributed by atoms with Crippen LogP contribution >= 0.6 is 0 Å². The Kier molecular flexibility index (Phi) is 3.24. The van der Waals surface area contributed by atoms with E-state index in [9.17, 15) is 4.79 Å². The lowest BCUT2D eigenvalue weighted by molar-refractivity contribution is -0.124. The van der Waals surface area contributed by atoms with Gasteiger partial charge in [-0.3, -0.25) is 4.79 Å². The van der Waals surface area contributed by atoms with Crippen LogP contribution in [0.1, 0.15) is 54.9 Å². The third-order valence-corrected chi connectivity index (χ3v) is 3.16. The Labute approximate surface area is 99.5 Å². The molecule has 1 atom stereocenters. The van der Waals surface area contributed by atoms with Gasteiger partial charge in [0.1, 0.15) is 0 Å². The normalized spacial score (nSPS) is 23.4. The summed E-state index contributed by atoms with van der Waals surface area (Å²) in [5.74, 6) is 0.262. The summed E-state index contributed by atoms with van der Waals surface area (Å²) in [5.41, 5.74) is 2.67. The minimum atomic E-state index is 0.0123. The molecule has 1 rings (SSSR count). The van der Waals surface area contributed by atoms with Crippen LogP contribution in [0.15, 0.2) is 11.3 Å². The molecule has 1 amide bonds. The van der Waals surface area contributed by atoms with Gasteiger partial charge in [0.2, 0.25) is 5.91 Å². The van der Waals surface area contributed by atoms with Crippen molar-refractivity contribution in [3.05, 3.63) is 11.3 Å². The van der Waals surface area contributed by atoms with Crippen LogP contribution in [0.5, 0.6) is 0 Å². The standard InChI is InChI=1S/C14H25NO/c1-9-8-10(13(2,3)4)11(14(5,6)7)15-12(9)16/h9H,8H2,1-7H3,(H,15,16). The summed E-state index contributed by atoms with van der Waals surface area (Å²) < 4.78 is 0. The Morgan fingerprint density at radius 3 is 1.94 bits per heavy atom. The summed E-state index contributed by atoms with van der Waals surface area (Å²) in [5, 5.41) is 3.10. The molecular weight excluding hydrogens is 198 g/mol. The van der Waals surface area contributed by atoms with Crippen LogP contribution in [-0.2, 0) is 4.79 Å². The summed E-state index contributed by atoms with van der Waals surface area (Å²) in [6.07, 6.45) is 0.891.